The van der Waals surface area contributed by atoms with Crippen LogP contribution in [0.15, 0.2) is 60.3 Å². The number of carbonyl (C=O) groups excluding carboxylic acids is 1. The van der Waals surface area contributed by atoms with Crippen molar-refractivity contribution in [2.45, 2.75) is 151 Å². The Morgan fingerprint density at radius 2 is 1.12 bits per heavy atom. The molecule has 0 aliphatic heterocycles. The molecule has 0 spiro atoms. The van der Waals surface area contributed by atoms with E-state index in [-0.39, 0.29) is 5.97 Å². The quantitative estimate of drug-likeness (QED) is 0.0603. The second-order valence-electron chi connectivity index (χ2n) is 12.3. The Balaban J connectivity index is 3.71. The van der Waals surface area contributed by atoms with Crippen LogP contribution >= 0.6 is 0 Å². The van der Waals surface area contributed by atoms with Crippen LogP contribution in [-0.2, 0) is 9.53 Å². The van der Waals surface area contributed by atoms with E-state index in [1.807, 2.05) is 0 Å². The molecule has 0 fully saturated rings. The highest BCUT2D eigenvalue weighted by Gasteiger charge is 2.07. The molecule has 0 N–H and O–H groups in total. The predicted molar refractivity (Wildman–Crippen MR) is 179 cm³/mol. The van der Waals surface area contributed by atoms with Gasteiger partial charge in [0, 0.05) is 6.42 Å². The Morgan fingerprint density at radius 3 is 1.70 bits per heavy atom. The van der Waals surface area contributed by atoms with E-state index in [0.717, 1.165) is 69.1 Å². The summed E-state index contributed by atoms with van der Waals surface area (Å²) in [5, 5.41) is 0. The maximum atomic E-state index is 12.0. The summed E-state index contributed by atoms with van der Waals surface area (Å²) >= 11 is 0. The van der Waals surface area contributed by atoms with Crippen molar-refractivity contribution in [3.63, 3.8) is 0 Å². The molecule has 0 aliphatic rings. The maximum Gasteiger partial charge on any atom is 0.306 e. The minimum atomic E-state index is -0.0982. The summed E-state index contributed by atoms with van der Waals surface area (Å²) in [5.74, 6) is 2.43. The molecule has 0 saturated carbocycles. The number of esters is 1. The number of hydrogen-bond acceptors (Lipinski definition) is 2. The lowest BCUT2D eigenvalue weighted by atomic mass is 9.91. The highest BCUT2D eigenvalue weighted by Crippen LogP contribution is 2.22. The van der Waals surface area contributed by atoms with Crippen molar-refractivity contribution >= 4 is 5.97 Å². The largest absolute Gasteiger partial charge is 0.461 e. The van der Waals surface area contributed by atoms with Crippen LogP contribution in [0.4, 0.5) is 0 Å². The second-order valence-corrected chi connectivity index (χ2v) is 12.3. The fraction of sp³-hybridized carbons (Fsp3) is 0.711. The molecular formula is C38H66O2. The van der Waals surface area contributed by atoms with Gasteiger partial charge >= 0.3 is 5.97 Å². The van der Waals surface area contributed by atoms with Crippen molar-refractivity contribution in [1.82, 2.24) is 0 Å². The molecule has 230 valence electrons. The molecule has 0 rings (SSSR count). The number of rotatable bonds is 26. The molecule has 2 heteroatoms. The van der Waals surface area contributed by atoms with Gasteiger partial charge in [-0.2, -0.15) is 0 Å². The predicted octanol–water partition coefficient (Wildman–Crippen LogP) is 12.3. The molecule has 2 atom stereocenters. The Morgan fingerprint density at radius 1 is 0.625 bits per heavy atom. The summed E-state index contributed by atoms with van der Waals surface area (Å²) in [6, 6.07) is 0. The monoisotopic (exact) mass is 555 g/mol. The molecule has 0 aromatic rings. The average molecular weight is 555 g/mol. The van der Waals surface area contributed by atoms with Crippen LogP contribution in [0.3, 0.4) is 0 Å². The molecule has 0 radical (unpaired) electrons. The van der Waals surface area contributed by atoms with E-state index < -0.39 is 0 Å². The smallest absolute Gasteiger partial charge is 0.306 e. The first kappa shape index (κ1) is 38.2. The summed E-state index contributed by atoms with van der Waals surface area (Å²) < 4.78 is 5.41. The van der Waals surface area contributed by atoms with Crippen molar-refractivity contribution in [2.75, 3.05) is 6.61 Å². The van der Waals surface area contributed by atoms with Gasteiger partial charge in [0.15, 0.2) is 0 Å². The summed E-state index contributed by atoms with van der Waals surface area (Å²) in [6.45, 7) is 14.2. The number of carbonyl (C=O) groups is 1. The normalized spacial score (nSPS) is 14.4. The minimum Gasteiger partial charge on any atom is -0.461 e. The van der Waals surface area contributed by atoms with Crippen LogP contribution < -0.4 is 0 Å². The van der Waals surface area contributed by atoms with Gasteiger partial charge in [-0.05, 0) is 88.5 Å². The summed E-state index contributed by atoms with van der Waals surface area (Å²) in [7, 11) is 0. The van der Waals surface area contributed by atoms with Crippen molar-refractivity contribution in [3.8, 4) is 0 Å². The van der Waals surface area contributed by atoms with Crippen molar-refractivity contribution in [1.29, 1.82) is 0 Å². The summed E-state index contributed by atoms with van der Waals surface area (Å²) in [4.78, 5) is 12.0. The van der Waals surface area contributed by atoms with Crippen LogP contribution in [0.5, 0.6) is 0 Å². The van der Waals surface area contributed by atoms with Crippen LogP contribution in [0.25, 0.3) is 0 Å². The molecule has 2 unspecified atom stereocenters. The zero-order valence-electron chi connectivity index (χ0n) is 27.5. The third-order valence-corrected chi connectivity index (χ3v) is 7.51. The molecule has 0 saturated heterocycles. The highest BCUT2D eigenvalue weighted by molar-refractivity contribution is 5.69. The lowest BCUT2D eigenvalue weighted by Crippen LogP contribution is -2.04. The molecule has 2 nitrogen and oxygen atoms in total. The van der Waals surface area contributed by atoms with Crippen molar-refractivity contribution in [3.05, 3.63) is 60.3 Å². The first-order chi connectivity index (χ1) is 19.3. The molecule has 40 heavy (non-hydrogen) atoms. The Bertz CT molecular complexity index is 722. The van der Waals surface area contributed by atoms with Crippen LogP contribution in [-0.4, -0.2) is 12.6 Å². The fourth-order valence-electron chi connectivity index (χ4n) is 4.77. The van der Waals surface area contributed by atoms with Gasteiger partial charge in [-0.15, -0.1) is 0 Å². The van der Waals surface area contributed by atoms with Crippen molar-refractivity contribution in [2.24, 2.45) is 17.8 Å². The van der Waals surface area contributed by atoms with Gasteiger partial charge in [0.25, 0.3) is 0 Å². The van der Waals surface area contributed by atoms with E-state index in [2.05, 4.69) is 96.2 Å². The van der Waals surface area contributed by atoms with Crippen molar-refractivity contribution < 1.29 is 9.53 Å². The minimum absolute atomic E-state index is 0.0982. The maximum absolute atomic E-state index is 12.0. The van der Waals surface area contributed by atoms with Crippen LogP contribution in [0.2, 0.25) is 0 Å². The van der Waals surface area contributed by atoms with E-state index >= 15 is 0 Å². The van der Waals surface area contributed by atoms with Gasteiger partial charge < -0.3 is 4.74 Å². The van der Waals surface area contributed by atoms with E-state index in [9.17, 15) is 4.79 Å². The first-order valence-corrected chi connectivity index (χ1v) is 16.8. The average Bonchev–Trinajstić information content (AvgIpc) is 2.90. The summed E-state index contributed by atoms with van der Waals surface area (Å²) in [5.41, 5.74) is 1.34. The van der Waals surface area contributed by atoms with Gasteiger partial charge in [0.1, 0.15) is 6.61 Å². The standard InChI is InChI=1S/C38H66O2/c1-7-8-9-10-11-12-13-14-15-16-17-18-19-20-21-31-38(39)40-33-32-37(6)30-24-29-36(5)28-23-27-35(4)26-22-25-34(2)3/h8-9,11-12,15-16,19-20,32,34-36H,7,10,13-14,17-18,21-31,33H2,1-6H3. The third kappa shape index (κ3) is 29.2. The molecular weight excluding hydrogens is 488 g/mol. The number of allylic oxidation sites excluding steroid dienone is 9. The second kappa shape index (κ2) is 28.7. The number of unbranched alkanes of at least 4 members (excludes halogenated alkanes) is 2. The topological polar surface area (TPSA) is 26.3 Å². The van der Waals surface area contributed by atoms with Gasteiger partial charge in [-0.25, -0.2) is 0 Å². The Hall–Kier alpha value is -1.83. The molecule has 0 heterocycles. The SMILES string of the molecule is CCC=CCC=CCCC=CCCC=CCCC(=O)OCC=C(C)CCCC(C)CCCC(C)CCCC(C)C. The first-order valence-electron chi connectivity index (χ1n) is 16.8. The summed E-state index contributed by atoms with van der Waals surface area (Å²) in [6.07, 6.45) is 39.4. The third-order valence-electron chi connectivity index (χ3n) is 7.51. The fourth-order valence-corrected chi connectivity index (χ4v) is 4.77. The lowest BCUT2D eigenvalue weighted by Gasteiger charge is -2.15. The van der Waals surface area contributed by atoms with E-state index in [1.165, 1.54) is 56.9 Å². The van der Waals surface area contributed by atoms with Gasteiger partial charge in [0.05, 0.1) is 0 Å². The zero-order valence-corrected chi connectivity index (χ0v) is 27.5. The lowest BCUT2D eigenvalue weighted by molar-refractivity contribution is -0.142. The zero-order chi connectivity index (χ0) is 29.7. The number of hydrogen-bond donors (Lipinski definition) is 0. The number of ether oxygens (including phenoxy) is 1. The van der Waals surface area contributed by atoms with Crippen LogP contribution in [0.1, 0.15) is 151 Å². The molecule has 0 aromatic carbocycles. The van der Waals surface area contributed by atoms with E-state index in [1.54, 1.807) is 0 Å². The van der Waals surface area contributed by atoms with E-state index in [4.69, 9.17) is 4.74 Å². The van der Waals surface area contributed by atoms with Gasteiger partial charge in [0.2, 0.25) is 0 Å². The highest BCUT2D eigenvalue weighted by atomic mass is 16.5. The van der Waals surface area contributed by atoms with Gasteiger partial charge in [-0.3, -0.25) is 4.79 Å². The van der Waals surface area contributed by atoms with E-state index in [0.29, 0.717) is 13.0 Å². The molecule has 0 aromatic heterocycles. The molecule has 0 bridgehead atoms. The Labute approximate surface area is 250 Å². The molecule has 0 amide bonds. The Kier molecular flexibility index (Phi) is 27.4. The van der Waals surface area contributed by atoms with Gasteiger partial charge in [-0.1, -0.05) is 134 Å². The molecule has 0 aliphatic carbocycles. The van der Waals surface area contributed by atoms with Crippen LogP contribution in [0, 0.1) is 17.8 Å².